The molecule has 21 heavy (non-hydrogen) atoms. The number of fused-ring (bicyclic) bond motifs is 1. The molecule has 112 valence electrons. The largest absolute Gasteiger partial charge is 0.310 e. The highest BCUT2D eigenvalue weighted by molar-refractivity contribution is 5.95. The number of allylic oxidation sites excluding steroid dienone is 1. The van der Waals surface area contributed by atoms with Crippen LogP contribution in [0, 0.1) is 0 Å². The summed E-state index contributed by atoms with van der Waals surface area (Å²) in [7, 11) is 0. The van der Waals surface area contributed by atoms with Crippen LogP contribution in [0.2, 0.25) is 0 Å². The van der Waals surface area contributed by atoms with Crippen molar-refractivity contribution in [3.05, 3.63) is 41.5 Å². The van der Waals surface area contributed by atoms with Crippen molar-refractivity contribution in [2.75, 3.05) is 11.4 Å². The molecule has 1 atom stereocenters. The van der Waals surface area contributed by atoms with Crippen molar-refractivity contribution in [2.45, 2.75) is 51.6 Å². The van der Waals surface area contributed by atoms with E-state index in [1.54, 1.807) is 0 Å². The molecule has 1 N–H and O–H groups in total. The van der Waals surface area contributed by atoms with Crippen molar-refractivity contribution in [2.24, 2.45) is 0 Å². The number of anilines is 1. The minimum atomic E-state index is 0.242. The first-order valence-electron chi connectivity index (χ1n) is 8.03. The molecule has 0 radical (unpaired) electrons. The smallest absolute Gasteiger partial charge is 0.231 e. The van der Waals surface area contributed by atoms with Crippen molar-refractivity contribution in [1.29, 1.82) is 0 Å². The molecule has 2 aliphatic rings. The first kappa shape index (κ1) is 14.3. The molecule has 0 fully saturated rings. The van der Waals surface area contributed by atoms with E-state index in [0.717, 1.165) is 31.6 Å². The minimum absolute atomic E-state index is 0.242. The lowest BCUT2D eigenvalue weighted by molar-refractivity contribution is -0.118. The summed E-state index contributed by atoms with van der Waals surface area (Å²) in [5, 5.41) is 3.48. The summed E-state index contributed by atoms with van der Waals surface area (Å²) < 4.78 is 0. The quantitative estimate of drug-likeness (QED) is 0.844. The van der Waals surface area contributed by atoms with E-state index < -0.39 is 0 Å². The number of benzene rings is 1. The van der Waals surface area contributed by atoms with Gasteiger partial charge in [0.2, 0.25) is 5.91 Å². The van der Waals surface area contributed by atoms with E-state index in [0.29, 0.717) is 12.5 Å². The third-order valence-corrected chi connectivity index (χ3v) is 4.44. The van der Waals surface area contributed by atoms with Crippen LogP contribution >= 0.6 is 0 Å². The third-order valence-electron chi connectivity index (χ3n) is 4.44. The number of nitrogens with zero attached hydrogens (tertiary/aromatic N) is 1. The number of para-hydroxylation sites is 1. The number of carbonyl (C=O) groups excluding carboxylic acids is 1. The first-order valence-corrected chi connectivity index (χ1v) is 8.03. The van der Waals surface area contributed by atoms with E-state index in [1.165, 1.54) is 24.0 Å². The van der Waals surface area contributed by atoms with Crippen LogP contribution in [0.25, 0.3) is 0 Å². The zero-order valence-corrected chi connectivity index (χ0v) is 12.8. The van der Waals surface area contributed by atoms with E-state index in [1.807, 2.05) is 17.0 Å². The summed E-state index contributed by atoms with van der Waals surface area (Å²) in [5.41, 5.74) is 3.62. The van der Waals surface area contributed by atoms with Crippen molar-refractivity contribution >= 4 is 11.6 Å². The van der Waals surface area contributed by atoms with E-state index >= 15 is 0 Å². The molecule has 1 aromatic rings. The van der Waals surface area contributed by atoms with Gasteiger partial charge in [-0.1, -0.05) is 29.8 Å². The summed E-state index contributed by atoms with van der Waals surface area (Å²) in [6.45, 7) is 3.74. The van der Waals surface area contributed by atoms with E-state index in [-0.39, 0.29) is 5.91 Å². The summed E-state index contributed by atoms with van der Waals surface area (Å²) in [4.78, 5) is 14.8. The third kappa shape index (κ3) is 3.35. The van der Waals surface area contributed by atoms with Crippen LogP contribution in [0.3, 0.4) is 0 Å². The molecule has 1 unspecified atom stereocenters. The van der Waals surface area contributed by atoms with Crippen LogP contribution in [0.4, 0.5) is 5.69 Å². The maximum absolute atomic E-state index is 12.8. The van der Waals surface area contributed by atoms with E-state index in [9.17, 15) is 4.79 Å². The fourth-order valence-electron chi connectivity index (χ4n) is 3.24. The molecule has 0 aromatic heterocycles. The number of rotatable bonds is 2. The number of hydrogen-bond donors (Lipinski definition) is 1. The predicted octanol–water partition coefficient (Wildman–Crippen LogP) is 3.40. The maximum atomic E-state index is 12.8. The Labute approximate surface area is 127 Å². The van der Waals surface area contributed by atoms with Gasteiger partial charge in [0.25, 0.3) is 0 Å². The Balaban J connectivity index is 1.81. The van der Waals surface area contributed by atoms with Crippen LogP contribution < -0.4 is 10.2 Å². The monoisotopic (exact) mass is 284 g/mol. The van der Waals surface area contributed by atoms with Gasteiger partial charge in [-0.25, -0.2) is 0 Å². The minimum Gasteiger partial charge on any atom is -0.310 e. The fourth-order valence-corrected chi connectivity index (χ4v) is 3.24. The second-order valence-corrected chi connectivity index (χ2v) is 6.20. The molecule has 0 spiro atoms. The van der Waals surface area contributed by atoms with E-state index in [2.05, 4.69) is 30.4 Å². The molecule has 1 aliphatic heterocycles. The Morgan fingerprint density at radius 1 is 1.33 bits per heavy atom. The molecule has 3 nitrogen and oxygen atoms in total. The molecular weight excluding hydrogens is 260 g/mol. The van der Waals surface area contributed by atoms with Crippen LogP contribution in [0.15, 0.2) is 35.9 Å². The summed E-state index contributed by atoms with van der Waals surface area (Å²) in [5.74, 6) is 0.242. The van der Waals surface area contributed by atoms with Gasteiger partial charge in [-0.2, -0.15) is 0 Å². The van der Waals surface area contributed by atoms with Crippen molar-refractivity contribution in [3.63, 3.8) is 0 Å². The second-order valence-electron chi connectivity index (χ2n) is 6.20. The van der Waals surface area contributed by atoms with Crippen LogP contribution in [-0.4, -0.2) is 18.5 Å². The number of carbonyl (C=O) groups is 1. The van der Waals surface area contributed by atoms with Gasteiger partial charge in [0.05, 0.1) is 0 Å². The SMILES string of the molecule is CC1CN(C(=O)CC2=CCCCC2)c2ccccc2CN1. The molecule has 1 amide bonds. The average molecular weight is 284 g/mol. The predicted molar refractivity (Wildman–Crippen MR) is 86.3 cm³/mol. The molecule has 3 heteroatoms. The highest BCUT2D eigenvalue weighted by atomic mass is 16.2. The standard InChI is InChI=1S/C18H24N2O/c1-14-13-20(17-10-6-5-9-16(17)12-19-14)18(21)11-15-7-3-2-4-8-15/h5-7,9-10,14,19H,2-4,8,11-13H2,1H3. The fraction of sp³-hybridized carbons (Fsp3) is 0.500. The molecule has 0 saturated heterocycles. The van der Waals surface area contributed by atoms with Crippen LogP contribution in [0.5, 0.6) is 0 Å². The van der Waals surface area contributed by atoms with Crippen LogP contribution in [-0.2, 0) is 11.3 Å². The highest BCUT2D eigenvalue weighted by Gasteiger charge is 2.24. The van der Waals surface area contributed by atoms with Gasteiger partial charge in [0.1, 0.15) is 0 Å². The van der Waals surface area contributed by atoms with Gasteiger partial charge in [-0.05, 0) is 44.2 Å². The summed E-state index contributed by atoms with van der Waals surface area (Å²) in [6, 6.07) is 8.57. The molecule has 1 aromatic carbocycles. The van der Waals surface area contributed by atoms with E-state index in [4.69, 9.17) is 0 Å². The number of hydrogen-bond acceptors (Lipinski definition) is 2. The topological polar surface area (TPSA) is 32.3 Å². The Bertz CT molecular complexity index is 550. The number of nitrogens with one attached hydrogen (secondary N) is 1. The molecule has 0 saturated carbocycles. The van der Waals surface area contributed by atoms with Gasteiger partial charge >= 0.3 is 0 Å². The molecule has 3 rings (SSSR count). The second kappa shape index (κ2) is 6.44. The molecular formula is C18H24N2O. The summed E-state index contributed by atoms with van der Waals surface area (Å²) in [6.07, 6.45) is 7.58. The van der Waals surface area contributed by atoms with Crippen LogP contribution in [0.1, 0.15) is 44.6 Å². The van der Waals surface area contributed by atoms with Gasteiger partial charge in [0, 0.05) is 31.2 Å². The normalized spacial score (nSPS) is 22.2. The highest BCUT2D eigenvalue weighted by Crippen LogP contribution is 2.26. The Kier molecular flexibility index (Phi) is 4.39. The lowest BCUT2D eigenvalue weighted by Crippen LogP contribution is -2.39. The lowest BCUT2D eigenvalue weighted by Gasteiger charge is -2.25. The van der Waals surface area contributed by atoms with Crippen molar-refractivity contribution in [3.8, 4) is 0 Å². The molecule has 1 heterocycles. The average Bonchev–Trinajstić information content (AvgIpc) is 2.68. The zero-order valence-electron chi connectivity index (χ0n) is 12.8. The Morgan fingerprint density at radius 3 is 3.00 bits per heavy atom. The van der Waals surface area contributed by atoms with Crippen molar-refractivity contribution < 1.29 is 4.79 Å². The Hall–Kier alpha value is -1.61. The molecule has 0 bridgehead atoms. The van der Waals surface area contributed by atoms with Gasteiger partial charge < -0.3 is 10.2 Å². The molecule has 1 aliphatic carbocycles. The van der Waals surface area contributed by atoms with Gasteiger partial charge in [0.15, 0.2) is 0 Å². The van der Waals surface area contributed by atoms with Gasteiger partial charge in [-0.15, -0.1) is 0 Å². The maximum Gasteiger partial charge on any atom is 0.231 e. The Morgan fingerprint density at radius 2 is 2.19 bits per heavy atom. The zero-order chi connectivity index (χ0) is 14.7. The summed E-state index contributed by atoms with van der Waals surface area (Å²) >= 11 is 0. The first-order chi connectivity index (χ1) is 10.2. The number of amides is 1. The van der Waals surface area contributed by atoms with Crippen molar-refractivity contribution in [1.82, 2.24) is 5.32 Å². The van der Waals surface area contributed by atoms with Gasteiger partial charge in [-0.3, -0.25) is 4.79 Å². The lowest BCUT2D eigenvalue weighted by atomic mass is 9.96.